The summed E-state index contributed by atoms with van der Waals surface area (Å²) in [6, 6.07) is 0. The van der Waals surface area contributed by atoms with E-state index in [1.807, 2.05) is 0 Å². The summed E-state index contributed by atoms with van der Waals surface area (Å²) in [7, 11) is 0. The fourth-order valence-electron chi connectivity index (χ4n) is 2.00. The number of fused-ring (bicyclic) bond motifs is 1. The fourth-order valence-corrected chi connectivity index (χ4v) is 2.82. The van der Waals surface area contributed by atoms with Gasteiger partial charge in [0, 0.05) is 0 Å². The van der Waals surface area contributed by atoms with Crippen LogP contribution in [-0.2, 0) is 0 Å². The highest BCUT2D eigenvalue weighted by Gasteiger charge is 2.57. The van der Waals surface area contributed by atoms with Gasteiger partial charge in [-0.1, -0.05) is 12.8 Å². The third-order valence-corrected chi connectivity index (χ3v) is 4.30. The maximum Gasteiger partial charge on any atom is 0.0641 e. The van der Waals surface area contributed by atoms with Crippen molar-refractivity contribution >= 4 is 23.2 Å². The molecule has 2 saturated carbocycles. The first kappa shape index (κ1) is 7.24. The zero-order valence-electron chi connectivity index (χ0n) is 5.95. The Morgan fingerprint density at radius 3 is 2.70 bits per heavy atom. The molecule has 0 aromatic rings. The number of hydrogen-bond donors (Lipinski definition) is 0. The van der Waals surface area contributed by atoms with Crippen molar-refractivity contribution in [1.29, 1.82) is 0 Å². The zero-order valence-corrected chi connectivity index (χ0v) is 7.46. The van der Waals surface area contributed by atoms with Crippen LogP contribution in [0.5, 0.6) is 0 Å². The average molecular weight is 179 g/mol. The molecule has 2 fully saturated rings. The summed E-state index contributed by atoms with van der Waals surface area (Å²) >= 11 is 12.4. The van der Waals surface area contributed by atoms with Crippen LogP contribution >= 0.6 is 23.2 Å². The Hall–Kier alpha value is 0.580. The summed E-state index contributed by atoms with van der Waals surface area (Å²) in [6.07, 6.45) is 6.22. The molecule has 0 saturated heterocycles. The summed E-state index contributed by atoms with van der Waals surface area (Å²) in [5, 5.41) is 0.252. The van der Waals surface area contributed by atoms with Crippen molar-refractivity contribution in [2.24, 2.45) is 5.92 Å². The van der Waals surface area contributed by atoms with Crippen LogP contribution in [0.2, 0.25) is 0 Å². The lowest BCUT2D eigenvalue weighted by Gasteiger charge is -2.12. The SMILES string of the molecule is ClC1CCCCC2CC12Cl. The lowest BCUT2D eigenvalue weighted by molar-refractivity contribution is 0.648. The molecule has 0 heterocycles. The molecule has 0 bridgehead atoms. The Morgan fingerprint density at radius 1 is 1.20 bits per heavy atom. The highest BCUT2D eigenvalue weighted by Crippen LogP contribution is 2.58. The second kappa shape index (κ2) is 2.28. The Kier molecular flexibility index (Phi) is 1.65. The summed E-state index contributed by atoms with van der Waals surface area (Å²) < 4.78 is 0. The van der Waals surface area contributed by atoms with Gasteiger partial charge in [0.15, 0.2) is 0 Å². The molecular formula is C8H12Cl2. The van der Waals surface area contributed by atoms with Gasteiger partial charge in [-0.05, 0) is 25.2 Å². The van der Waals surface area contributed by atoms with Crippen LogP contribution in [0.25, 0.3) is 0 Å². The zero-order chi connectivity index (χ0) is 7.19. The number of alkyl halides is 2. The molecule has 58 valence electrons. The van der Waals surface area contributed by atoms with Crippen molar-refractivity contribution in [3.05, 3.63) is 0 Å². The highest BCUT2D eigenvalue weighted by atomic mass is 35.5. The predicted molar refractivity (Wildman–Crippen MR) is 44.8 cm³/mol. The van der Waals surface area contributed by atoms with Crippen LogP contribution in [0.4, 0.5) is 0 Å². The molecule has 2 aliphatic carbocycles. The first-order chi connectivity index (χ1) is 4.73. The average Bonchev–Trinajstić information content (AvgIpc) is 2.55. The van der Waals surface area contributed by atoms with Crippen LogP contribution < -0.4 is 0 Å². The highest BCUT2D eigenvalue weighted by molar-refractivity contribution is 6.34. The summed E-state index contributed by atoms with van der Waals surface area (Å²) in [4.78, 5) is 0.0258. The minimum Gasteiger partial charge on any atom is -0.121 e. The number of rotatable bonds is 0. The van der Waals surface area contributed by atoms with Crippen LogP contribution in [0.15, 0.2) is 0 Å². The van der Waals surface area contributed by atoms with Crippen LogP contribution in [0, 0.1) is 5.92 Å². The van der Waals surface area contributed by atoms with E-state index in [1.165, 1.54) is 25.7 Å². The van der Waals surface area contributed by atoms with Gasteiger partial charge in [-0.3, -0.25) is 0 Å². The quantitative estimate of drug-likeness (QED) is 0.501. The standard InChI is InChI=1S/C8H12Cl2/c9-7-4-2-1-3-6-5-8(6,7)10/h6-7H,1-5H2. The van der Waals surface area contributed by atoms with Crippen molar-refractivity contribution in [2.45, 2.75) is 42.4 Å². The van der Waals surface area contributed by atoms with E-state index in [2.05, 4.69) is 0 Å². The first-order valence-corrected chi connectivity index (χ1v) is 4.88. The van der Waals surface area contributed by atoms with Crippen molar-refractivity contribution in [1.82, 2.24) is 0 Å². The Bertz CT molecular complexity index is 144. The van der Waals surface area contributed by atoms with E-state index in [1.54, 1.807) is 0 Å². The smallest absolute Gasteiger partial charge is 0.0641 e. The lowest BCUT2D eigenvalue weighted by atomic mass is 10.1. The third-order valence-electron chi connectivity index (χ3n) is 2.86. The van der Waals surface area contributed by atoms with E-state index < -0.39 is 0 Å². The van der Waals surface area contributed by atoms with E-state index in [4.69, 9.17) is 23.2 Å². The van der Waals surface area contributed by atoms with E-state index in [-0.39, 0.29) is 10.3 Å². The first-order valence-electron chi connectivity index (χ1n) is 4.06. The fraction of sp³-hybridized carbons (Fsp3) is 1.00. The van der Waals surface area contributed by atoms with Gasteiger partial charge in [-0.2, -0.15) is 0 Å². The molecule has 2 aliphatic rings. The molecule has 0 spiro atoms. The van der Waals surface area contributed by atoms with Crippen LogP contribution in [0.3, 0.4) is 0 Å². The normalized spacial score (nSPS) is 53.4. The maximum absolute atomic E-state index is 6.27. The van der Waals surface area contributed by atoms with Gasteiger partial charge in [0.25, 0.3) is 0 Å². The Morgan fingerprint density at radius 2 is 1.90 bits per heavy atom. The van der Waals surface area contributed by atoms with Crippen molar-refractivity contribution in [3.8, 4) is 0 Å². The van der Waals surface area contributed by atoms with Crippen molar-refractivity contribution in [3.63, 3.8) is 0 Å². The molecule has 0 aliphatic heterocycles. The number of halogens is 2. The second-order valence-corrected chi connectivity index (χ2v) is 4.81. The number of hydrogen-bond acceptors (Lipinski definition) is 0. The minimum atomic E-state index is 0.0258. The van der Waals surface area contributed by atoms with Gasteiger partial charge in [0.1, 0.15) is 0 Å². The summed E-state index contributed by atoms with van der Waals surface area (Å²) in [5.74, 6) is 0.749. The molecule has 3 atom stereocenters. The van der Waals surface area contributed by atoms with E-state index in [0.717, 1.165) is 12.3 Å². The van der Waals surface area contributed by atoms with Gasteiger partial charge in [0.05, 0.1) is 10.3 Å². The molecule has 10 heavy (non-hydrogen) atoms. The van der Waals surface area contributed by atoms with Gasteiger partial charge >= 0.3 is 0 Å². The largest absolute Gasteiger partial charge is 0.121 e. The van der Waals surface area contributed by atoms with Gasteiger partial charge in [0.2, 0.25) is 0 Å². The van der Waals surface area contributed by atoms with Crippen molar-refractivity contribution < 1.29 is 0 Å². The molecule has 0 N–H and O–H groups in total. The Labute approximate surface area is 71.9 Å². The molecule has 0 radical (unpaired) electrons. The van der Waals surface area contributed by atoms with Gasteiger partial charge in [-0.15, -0.1) is 23.2 Å². The van der Waals surface area contributed by atoms with Crippen LogP contribution in [0.1, 0.15) is 32.1 Å². The maximum atomic E-state index is 6.27. The van der Waals surface area contributed by atoms with E-state index in [0.29, 0.717) is 0 Å². The Balaban J connectivity index is 2.08. The second-order valence-electron chi connectivity index (χ2n) is 3.58. The molecule has 2 rings (SSSR count). The van der Waals surface area contributed by atoms with Gasteiger partial charge < -0.3 is 0 Å². The summed E-state index contributed by atoms with van der Waals surface area (Å²) in [6.45, 7) is 0. The third kappa shape index (κ3) is 0.967. The molecule has 0 amide bonds. The molecule has 3 unspecified atom stereocenters. The summed E-state index contributed by atoms with van der Waals surface area (Å²) in [5.41, 5.74) is 0. The monoisotopic (exact) mass is 178 g/mol. The minimum absolute atomic E-state index is 0.0258. The van der Waals surface area contributed by atoms with E-state index in [9.17, 15) is 0 Å². The van der Waals surface area contributed by atoms with Gasteiger partial charge in [-0.25, -0.2) is 0 Å². The topological polar surface area (TPSA) is 0 Å². The van der Waals surface area contributed by atoms with Crippen molar-refractivity contribution in [2.75, 3.05) is 0 Å². The molecule has 0 aromatic carbocycles. The molecule has 0 aromatic heterocycles. The molecule has 0 nitrogen and oxygen atoms in total. The van der Waals surface area contributed by atoms with E-state index >= 15 is 0 Å². The predicted octanol–water partition coefficient (Wildman–Crippen LogP) is 3.17. The lowest BCUT2D eigenvalue weighted by Crippen LogP contribution is -2.16. The van der Waals surface area contributed by atoms with Crippen LogP contribution in [-0.4, -0.2) is 10.3 Å². The molecular weight excluding hydrogens is 167 g/mol. The molecule has 2 heteroatoms.